The zero-order valence-electron chi connectivity index (χ0n) is 8.27. The van der Waals surface area contributed by atoms with Crippen LogP contribution in [0.5, 0.6) is 0 Å². The number of amidine groups is 1. The number of thioether (sulfide) groups is 1. The summed E-state index contributed by atoms with van der Waals surface area (Å²) in [6.45, 7) is 0.639. The van der Waals surface area contributed by atoms with Gasteiger partial charge in [-0.25, -0.2) is 13.2 Å². The third kappa shape index (κ3) is 2.49. The summed E-state index contributed by atoms with van der Waals surface area (Å²) >= 11 is 1.39. The van der Waals surface area contributed by atoms with Crippen molar-refractivity contribution in [1.29, 1.82) is 0 Å². The van der Waals surface area contributed by atoms with Crippen LogP contribution in [-0.2, 0) is 0 Å². The van der Waals surface area contributed by atoms with E-state index in [1.165, 1.54) is 11.8 Å². The number of benzene rings is 1. The number of hydrogen-bond donors (Lipinski definition) is 1. The summed E-state index contributed by atoms with van der Waals surface area (Å²) in [6.07, 6.45) is 0.949. The highest BCUT2D eigenvalue weighted by Gasteiger charge is 2.14. The van der Waals surface area contributed by atoms with E-state index in [2.05, 4.69) is 10.3 Å². The number of rotatable bonds is 1. The summed E-state index contributed by atoms with van der Waals surface area (Å²) in [5.74, 6) is -1.98. The molecule has 0 aromatic heterocycles. The van der Waals surface area contributed by atoms with Gasteiger partial charge in [-0.15, -0.1) is 0 Å². The summed E-state index contributed by atoms with van der Waals surface area (Å²) in [6, 6.07) is 1.28. The molecule has 86 valence electrons. The van der Waals surface area contributed by atoms with E-state index in [9.17, 15) is 13.2 Å². The van der Waals surface area contributed by atoms with Gasteiger partial charge in [0.15, 0.2) is 16.8 Å². The lowest BCUT2D eigenvalue weighted by molar-refractivity contribution is 0.549. The van der Waals surface area contributed by atoms with Crippen molar-refractivity contribution in [3.05, 3.63) is 29.6 Å². The summed E-state index contributed by atoms with van der Waals surface area (Å²) < 4.78 is 39.2. The molecule has 1 aromatic rings. The molecule has 0 fully saturated rings. The Hall–Kier alpha value is -1.17. The number of aliphatic imine (C=N–C) groups is 1. The number of halogens is 3. The van der Waals surface area contributed by atoms with Gasteiger partial charge in [0.2, 0.25) is 0 Å². The first-order valence-corrected chi connectivity index (χ1v) is 5.74. The monoisotopic (exact) mass is 246 g/mol. The Balaban J connectivity index is 2.24. The van der Waals surface area contributed by atoms with Gasteiger partial charge in [0.05, 0.1) is 0 Å². The standard InChI is InChI=1S/C10H9F3N2S/c11-6-4-7(12)9(8(13)5-6)15-10-14-2-1-3-16-10/h4-5H,1-3H2,(H,14,15). The molecule has 1 aliphatic rings. The molecule has 0 spiro atoms. The normalized spacial score (nSPS) is 15.8. The van der Waals surface area contributed by atoms with Crippen molar-refractivity contribution in [2.24, 2.45) is 4.99 Å². The maximum absolute atomic E-state index is 13.3. The van der Waals surface area contributed by atoms with Gasteiger partial charge in [0.1, 0.15) is 11.5 Å². The smallest absolute Gasteiger partial charge is 0.161 e. The van der Waals surface area contributed by atoms with Gasteiger partial charge in [-0.1, -0.05) is 11.8 Å². The van der Waals surface area contributed by atoms with Crippen LogP contribution in [0.1, 0.15) is 6.42 Å². The average molecular weight is 246 g/mol. The second-order valence-corrected chi connectivity index (χ2v) is 4.34. The van der Waals surface area contributed by atoms with Gasteiger partial charge < -0.3 is 5.32 Å². The van der Waals surface area contributed by atoms with Crippen molar-refractivity contribution in [3.8, 4) is 0 Å². The van der Waals surface area contributed by atoms with Crippen LogP contribution in [0.25, 0.3) is 0 Å². The van der Waals surface area contributed by atoms with E-state index in [-0.39, 0.29) is 5.69 Å². The summed E-state index contributed by atoms with van der Waals surface area (Å²) in [4.78, 5) is 4.07. The van der Waals surface area contributed by atoms with E-state index >= 15 is 0 Å². The Morgan fingerprint density at radius 3 is 2.44 bits per heavy atom. The second kappa shape index (κ2) is 4.78. The number of nitrogens with zero attached hydrogens (tertiary/aromatic N) is 1. The van der Waals surface area contributed by atoms with Crippen LogP contribution in [0.3, 0.4) is 0 Å². The minimum atomic E-state index is -0.952. The van der Waals surface area contributed by atoms with Crippen molar-refractivity contribution < 1.29 is 13.2 Å². The topological polar surface area (TPSA) is 24.4 Å². The van der Waals surface area contributed by atoms with Crippen LogP contribution in [0, 0.1) is 17.5 Å². The predicted molar refractivity (Wildman–Crippen MR) is 59.3 cm³/mol. The zero-order chi connectivity index (χ0) is 11.5. The molecule has 0 saturated carbocycles. The average Bonchev–Trinajstić information content (AvgIpc) is 2.25. The molecule has 0 saturated heterocycles. The van der Waals surface area contributed by atoms with Crippen LogP contribution >= 0.6 is 11.8 Å². The Morgan fingerprint density at radius 1 is 1.19 bits per heavy atom. The molecule has 2 rings (SSSR count). The Morgan fingerprint density at radius 2 is 1.88 bits per heavy atom. The van der Waals surface area contributed by atoms with Crippen molar-refractivity contribution >= 4 is 22.6 Å². The molecule has 2 nitrogen and oxygen atoms in total. The van der Waals surface area contributed by atoms with E-state index in [0.29, 0.717) is 23.8 Å². The van der Waals surface area contributed by atoms with Crippen LogP contribution in [0.15, 0.2) is 17.1 Å². The molecule has 6 heteroatoms. The highest BCUT2D eigenvalue weighted by Crippen LogP contribution is 2.23. The maximum atomic E-state index is 13.3. The molecular formula is C10H9F3N2S. The third-order valence-corrected chi connectivity index (χ3v) is 3.03. The van der Waals surface area contributed by atoms with Crippen molar-refractivity contribution in [2.75, 3.05) is 17.6 Å². The zero-order valence-corrected chi connectivity index (χ0v) is 9.08. The number of hydrogen-bond acceptors (Lipinski definition) is 3. The first-order valence-electron chi connectivity index (χ1n) is 4.75. The summed E-state index contributed by atoms with van der Waals surface area (Å²) in [5, 5.41) is 3.01. The Bertz CT molecular complexity index is 411. The van der Waals surface area contributed by atoms with E-state index in [1.54, 1.807) is 0 Å². The molecular weight excluding hydrogens is 237 g/mol. The SMILES string of the molecule is Fc1cc(F)c(NC2=NCCCS2)c(F)c1. The molecule has 0 atom stereocenters. The van der Waals surface area contributed by atoms with Crippen molar-refractivity contribution in [1.82, 2.24) is 0 Å². The highest BCUT2D eigenvalue weighted by atomic mass is 32.2. The fourth-order valence-electron chi connectivity index (χ4n) is 1.30. The molecule has 1 aromatic carbocycles. The molecule has 0 bridgehead atoms. The van der Waals surface area contributed by atoms with Crippen molar-refractivity contribution in [2.45, 2.75) is 6.42 Å². The quantitative estimate of drug-likeness (QED) is 0.823. The number of anilines is 1. The predicted octanol–water partition coefficient (Wildman–Crippen LogP) is 3.01. The summed E-state index contributed by atoms with van der Waals surface area (Å²) in [7, 11) is 0. The van der Waals surface area contributed by atoms with Gasteiger partial charge in [-0.2, -0.15) is 0 Å². The van der Waals surface area contributed by atoms with Crippen molar-refractivity contribution in [3.63, 3.8) is 0 Å². The fourth-order valence-corrected chi connectivity index (χ4v) is 2.13. The Labute approximate surface area is 95.0 Å². The van der Waals surface area contributed by atoms with Gasteiger partial charge in [-0.05, 0) is 6.42 Å². The molecule has 0 amide bonds. The lowest BCUT2D eigenvalue weighted by atomic mass is 10.3. The molecule has 1 N–H and O–H groups in total. The van der Waals surface area contributed by atoms with Gasteiger partial charge in [-0.3, -0.25) is 4.99 Å². The van der Waals surface area contributed by atoms with Crippen LogP contribution in [-0.4, -0.2) is 17.5 Å². The molecule has 1 heterocycles. The van der Waals surface area contributed by atoms with E-state index in [1.807, 2.05) is 0 Å². The lowest BCUT2D eigenvalue weighted by Gasteiger charge is -2.14. The lowest BCUT2D eigenvalue weighted by Crippen LogP contribution is -2.15. The van der Waals surface area contributed by atoms with Gasteiger partial charge in [0.25, 0.3) is 0 Å². The number of nitrogens with one attached hydrogen (secondary N) is 1. The highest BCUT2D eigenvalue weighted by molar-refractivity contribution is 8.14. The molecule has 0 aliphatic carbocycles. The largest absolute Gasteiger partial charge is 0.330 e. The first kappa shape index (κ1) is 11.3. The summed E-state index contributed by atoms with van der Waals surface area (Å²) in [5.41, 5.74) is -0.352. The van der Waals surface area contributed by atoms with E-state index in [4.69, 9.17) is 0 Å². The van der Waals surface area contributed by atoms with Gasteiger partial charge in [0, 0.05) is 24.4 Å². The minimum Gasteiger partial charge on any atom is -0.330 e. The van der Waals surface area contributed by atoms with E-state index in [0.717, 1.165) is 12.2 Å². The maximum Gasteiger partial charge on any atom is 0.161 e. The third-order valence-electron chi connectivity index (χ3n) is 2.04. The molecule has 16 heavy (non-hydrogen) atoms. The van der Waals surface area contributed by atoms with Crippen LogP contribution in [0.4, 0.5) is 18.9 Å². The first-order chi connectivity index (χ1) is 7.66. The minimum absolute atomic E-state index is 0.352. The molecule has 0 unspecified atom stereocenters. The molecule has 0 radical (unpaired) electrons. The van der Waals surface area contributed by atoms with Crippen LogP contribution < -0.4 is 5.32 Å². The van der Waals surface area contributed by atoms with E-state index < -0.39 is 17.5 Å². The second-order valence-electron chi connectivity index (χ2n) is 3.26. The molecule has 1 aliphatic heterocycles. The van der Waals surface area contributed by atoms with Crippen LogP contribution in [0.2, 0.25) is 0 Å². The Kier molecular flexibility index (Phi) is 3.38. The fraction of sp³-hybridized carbons (Fsp3) is 0.300. The van der Waals surface area contributed by atoms with Gasteiger partial charge >= 0.3 is 0 Å².